The molecule has 0 aliphatic rings. The first kappa shape index (κ1) is 13.6. The first-order valence-corrected chi connectivity index (χ1v) is 8.03. The lowest BCUT2D eigenvalue weighted by molar-refractivity contribution is 0.609. The zero-order valence-electron chi connectivity index (χ0n) is 10.4. The molecule has 108 valence electrons. The van der Waals surface area contributed by atoms with E-state index in [0.717, 1.165) is 0 Å². The van der Waals surface area contributed by atoms with Crippen LogP contribution in [0.5, 0.6) is 0 Å². The van der Waals surface area contributed by atoms with Crippen LogP contribution in [-0.2, 0) is 9.05 Å². The van der Waals surface area contributed by atoms with E-state index in [-0.39, 0.29) is 10.8 Å². The fraction of sp³-hybridized carbons (Fsp3) is 0. The topological polar surface area (TPSA) is 127 Å². The van der Waals surface area contributed by atoms with E-state index in [1.165, 1.54) is 12.1 Å². The van der Waals surface area contributed by atoms with Gasteiger partial charge in [-0.1, -0.05) is 0 Å². The largest absolute Gasteiger partial charge is 0.369 e. The van der Waals surface area contributed by atoms with Gasteiger partial charge in [0.1, 0.15) is 5.52 Å². The number of aromatic amines is 1. The van der Waals surface area contributed by atoms with Gasteiger partial charge < -0.3 is 16.0 Å². The van der Waals surface area contributed by atoms with Crippen molar-refractivity contribution in [1.29, 1.82) is 0 Å². The van der Waals surface area contributed by atoms with Gasteiger partial charge in [0, 0.05) is 16.4 Å². The average molecular weight is 325 g/mol. The molecule has 0 amide bonds. The molecular formula is C11H9ClN6O2S. The van der Waals surface area contributed by atoms with Gasteiger partial charge in [0.2, 0.25) is 5.95 Å². The molecule has 21 heavy (non-hydrogen) atoms. The summed E-state index contributed by atoms with van der Waals surface area (Å²) < 4.78 is 22.3. The molecule has 0 bridgehead atoms. The number of halogens is 1. The van der Waals surface area contributed by atoms with Gasteiger partial charge in [0.25, 0.3) is 9.05 Å². The molecule has 0 aliphatic carbocycles. The zero-order valence-corrected chi connectivity index (χ0v) is 12.0. The SMILES string of the molecule is Nc1nc2nc(Nc3ccc(S(=O)(=O)Cl)cc3)ncc2[nH]1. The molecule has 1 aromatic carbocycles. The second-order valence-corrected chi connectivity index (χ2v) is 6.71. The molecule has 3 rings (SSSR count). The Morgan fingerprint density at radius 3 is 2.57 bits per heavy atom. The summed E-state index contributed by atoms with van der Waals surface area (Å²) in [6, 6.07) is 5.88. The van der Waals surface area contributed by atoms with Crippen molar-refractivity contribution in [2.75, 3.05) is 11.1 Å². The smallest absolute Gasteiger partial charge is 0.261 e. The van der Waals surface area contributed by atoms with Crippen LogP contribution in [0.25, 0.3) is 11.2 Å². The van der Waals surface area contributed by atoms with Gasteiger partial charge in [-0.15, -0.1) is 0 Å². The Bertz CT molecular complexity index is 906. The molecule has 4 N–H and O–H groups in total. The minimum Gasteiger partial charge on any atom is -0.369 e. The second-order valence-electron chi connectivity index (χ2n) is 4.14. The minimum atomic E-state index is -3.73. The standard InChI is InChI=1S/C11H9ClN6O2S/c12-21(19,20)7-3-1-6(2-4-7)15-11-14-5-8-9(18-11)17-10(13)16-8/h1-5H,(H4,13,14,15,16,17,18). The van der Waals surface area contributed by atoms with Crippen molar-refractivity contribution in [3.8, 4) is 0 Å². The van der Waals surface area contributed by atoms with Crippen LogP contribution in [0.4, 0.5) is 17.6 Å². The maximum absolute atomic E-state index is 11.1. The quantitative estimate of drug-likeness (QED) is 0.624. The number of imidazole rings is 1. The summed E-state index contributed by atoms with van der Waals surface area (Å²) in [7, 11) is 1.51. The van der Waals surface area contributed by atoms with Crippen molar-refractivity contribution in [3.63, 3.8) is 0 Å². The normalized spacial score (nSPS) is 11.7. The molecule has 8 nitrogen and oxygen atoms in total. The molecule has 0 spiro atoms. The monoisotopic (exact) mass is 324 g/mol. The lowest BCUT2D eigenvalue weighted by Gasteiger charge is -2.04. The molecular weight excluding hydrogens is 316 g/mol. The Morgan fingerprint density at radius 2 is 1.90 bits per heavy atom. The van der Waals surface area contributed by atoms with Gasteiger partial charge in [0.05, 0.1) is 11.1 Å². The minimum absolute atomic E-state index is 0.0196. The molecule has 2 heterocycles. The molecule has 0 unspecified atom stereocenters. The number of H-pyrrole nitrogens is 1. The number of hydrogen-bond donors (Lipinski definition) is 3. The highest BCUT2D eigenvalue weighted by molar-refractivity contribution is 8.13. The Kier molecular flexibility index (Phi) is 3.15. The zero-order chi connectivity index (χ0) is 15.0. The average Bonchev–Trinajstić information content (AvgIpc) is 2.78. The molecule has 0 atom stereocenters. The summed E-state index contributed by atoms with van der Waals surface area (Å²) in [5, 5.41) is 2.93. The number of anilines is 3. The van der Waals surface area contributed by atoms with Crippen LogP contribution < -0.4 is 11.1 Å². The van der Waals surface area contributed by atoms with Crippen LogP contribution in [0.3, 0.4) is 0 Å². The van der Waals surface area contributed by atoms with E-state index in [1.807, 2.05) is 0 Å². The number of hydrogen-bond acceptors (Lipinski definition) is 7. The maximum atomic E-state index is 11.1. The highest BCUT2D eigenvalue weighted by Crippen LogP contribution is 2.20. The first-order chi connectivity index (χ1) is 9.91. The fourth-order valence-corrected chi connectivity index (χ4v) is 2.49. The van der Waals surface area contributed by atoms with Crippen LogP contribution in [0.15, 0.2) is 35.4 Å². The number of benzene rings is 1. The Labute approximate surface area is 123 Å². The number of fused-ring (bicyclic) bond motifs is 1. The van der Waals surface area contributed by atoms with E-state index >= 15 is 0 Å². The highest BCUT2D eigenvalue weighted by Gasteiger charge is 2.09. The third-order valence-corrected chi connectivity index (χ3v) is 4.02. The van der Waals surface area contributed by atoms with Crippen molar-refractivity contribution in [3.05, 3.63) is 30.5 Å². The van der Waals surface area contributed by atoms with E-state index in [2.05, 4.69) is 25.3 Å². The van der Waals surface area contributed by atoms with Crippen molar-refractivity contribution < 1.29 is 8.42 Å². The molecule has 0 fully saturated rings. The number of nitrogens with two attached hydrogens (primary N) is 1. The first-order valence-electron chi connectivity index (χ1n) is 5.72. The molecule has 2 aromatic heterocycles. The number of nitrogen functional groups attached to an aromatic ring is 1. The molecule has 0 radical (unpaired) electrons. The van der Waals surface area contributed by atoms with E-state index in [1.54, 1.807) is 18.3 Å². The highest BCUT2D eigenvalue weighted by atomic mass is 35.7. The van der Waals surface area contributed by atoms with Crippen molar-refractivity contribution in [2.45, 2.75) is 4.90 Å². The lowest BCUT2D eigenvalue weighted by Crippen LogP contribution is -1.97. The molecule has 10 heteroatoms. The van der Waals surface area contributed by atoms with Gasteiger partial charge in [-0.05, 0) is 24.3 Å². The number of aromatic nitrogens is 4. The van der Waals surface area contributed by atoms with Gasteiger partial charge in [-0.2, -0.15) is 9.97 Å². The van der Waals surface area contributed by atoms with E-state index in [4.69, 9.17) is 16.4 Å². The Morgan fingerprint density at radius 1 is 1.19 bits per heavy atom. The lowest BCUT2D eigenvalue weighted by atomic mass is 10.3. The van der Waals surface area contributed by atoms with E-state index < -0.39 is 9.05 Å². The molecule has 0 saturated carbocycles. The molecule has 3 aromatic rings. The van der Waals surface area contributed by atoms with E-state index in [9.17, 15) is 8.42 Å². The van der Waals surface area contributed by atoms with Gasteiger partial charge >= 0.3 is 0 Å². The predicted molar refractivity (Wildman–Crippen MR) is 78.9 cm³/mol. The van der Waals surface area contributed by atoms with Crippen molar-refractivity contribution >= 4 is 48.5 Å². The number of nitrogens with zero attached hydrogens (tertiary/aromatic N) is 3. The molecule has 0 saturated heterocycles. The van der Waals surface area contributed by atoms with Crippen LogP contribution in [0.2, 0.25) is 0 Å². The molecule has 0 aliphatic heterocycles. The van der Waals surface area contributed by atoms with Crippen LogP contribution in [0, 0.1) is 0 Å². The summed E-state index contributed by atoms with van der Waals surface area (Å²) in [5.41, 5.74) is 7.20. The summed E-state index contributed by atoms with van der Waals surface area (Å²) in [5.74, 6) is 0.573. The van der Waals surface area contributed by atoms with Crippen LogP contribution in [-0.4, -0.2) is 28.4 Å². The predicted octanol–water partition coefficient (Wildman–Crippen LogP) is 1.61. The summed E-state index contributed by atoms with van der Waals surface area (Å²) in [6.07, 6.45) is 1.55. The maximum Gasteiger partial charge on any atom is 0.261 e. The summed E-state index contributed by atoms with van der Waals surface area (Å²) in [6.45, 7) is 0. The van der Waals surface area contributed by atoms with Gasteiger partial charge in [0.15, 0.2) is 11.6 Å². The number of rotatable bonds is 3. The Hall–Kier alpha value is -2.39. The summed E-state index contributed by atoms with van der Waals surface area (Å²) in [4.78, 5) is 15.1. The van der Waals surface area contributed by atoms with Crippen LogP contribution in [0.1, 0.15) is 0 Å². The number of nitrogens with one attached hydrogen (secondary N) is 2. The summed E-state index contributed by atoms with van der Waals surface area (Å²) >= 11 is 0. The third-order valence-electron chi connectivity index (χ3n) is 2.65. The third kappa shape index (κ3) is 2.88. The van der Waals surface area contributed by atoms with Crippen LogP contribution >= 0.6 is 10.7 Å². The second kappa shape index (κ2) is 4.86. The van der Waals surface area contributed by atoms with Crippen molar-refractivity contribution in [2.24, 2.45) is 0 Å². The Balaban J connectivity index is 1.87. The van der Waals surface area contributed by atoms with Crippen molar-refractivity contribution in [1.82, 2.24) is 19.9 Å². The fourth-order valence-electron chi connectivity index (χ4n) is 1.72. The van der Waals surface area contributed by atoms with Gasteiger partial charge in [-0.3, -0.25) is 0 Å². The van der Waals surface area contributed by atoms with Gasteiger partial charge in [-0.25, -0.2) is 13.4 Å². The van der Waals surface area contributed by atoms with E-state index in [0.29, 0.717) is 22.8 Å².